The van der Waals surface area contributed by atoms with Crippen molar-refractivity contribution in [3.63, 3.8) is 0 Å². The first-order valence-electron chi connectivity index (χ1n) is 9.42. The highest BCUT2D eigenvalue weighted by molar-refractivity contribution is 6.34. The number of halogens is 1. The molecule has 1 aliphatic rings. The fourth-order valence-corrected chi connectivity index (χ4v) is 3.38. The summed E-state index contributed by atoms with van der Waals surface area (Å²) >= 11 is 6.47. The van der Waals surface area contributed by atoms with E-state index >= 15 is 0 Å². The van der Waals surface area contributed by atoms with Gasteiger partial charge in [0, 0.05) is 30.7 Å². The first-order chi connectivity index (χ1) is 14.1. The molecule has 4 rings (SSSR count). The zero-order valence-corrected chi connectivity index (χ0v) is 17.1. The maximum Gasteiger partial charge on any atom is 0.162 e. The molecule has 3 heterocycles. The fourth-order valence-electron chi connectivity index (χ4n) is 3.12. The van der Waals surface area contributed by atoms with Crippen LogP contribution in [0.15, 0.2) is 24.3 Å². The van der Waals surface area contributed by atoms with Gasteiger partial charge in [-0.3, -0.25) is 5.10 Å². The van der Waals surface area contributed by atoms with Crippen LogP contribution in [0, 0.1) is 6.92 Å². The lowest BCUT2D eigenvalue weighted by atomic mass is 10.1. The van der Waals surface area contributed by atoms with Crippen molar-refractivity contribution in [2.24, 2.45) is 0 Å². The number of nitrogens with one attached hydrogen (secondary N) is 2. The van der Waals surface area contributed by atoms with Crippen LogP contribution < -0.4 is 14.8 Å². The van der Waals surface area contributed by atoms with E-state index in [4.69, 9.17) is 30.5 Å². The maximum absolute atomic E-state index is 6.47. The Morgan fingerprint density at radius 1 is 1.21 bits per heavy atom. The Morgan fingerprint density at radius 3 is 2.83 bits per heavy atom. The van der Waals surface area contributed by atoms with Crippen LogP contribution >= 0.6 is 11.6 Å². The van der Waals surface area contributed by atoms with Crippen LogP contribution in [0.25, 0.3) is 10.8 Å². The van der Waals surface area contributed by atoms with Crippen molar-refractivity contribution in [2.45, 2.75) is 19.4 Å². The van der Waals surface area contributed by atoms with Gasteiger partial charge in [0.1, 0.15) is 23.7 Å². The molecule has 2 N–H and O–H groups in total. The summed E-state index contributed by atoms with van der Waals surface area (Å²) in [6, 6.07) is 7.57. The molecule has 1 atom stereocenters. The maximum atomic E-state index is 6.47. The summed E-state index contributed by atoms with van der Waals surface area (Å²) in [6.07, 6.45) is 0.844. The van der Waals surface area contributed by atoms with Crippen molar-refractivity contribution in [2.75, 3.05) is 38.9 Å². The number of fused-ring (bicyclic) bond motifs is 1. The van der Waals surface area contributed by atoms with Crippen molar-refractivity contribution >= 4 is 34.0 Å². The second-order valence-electron chi connectivity index (χ2n) is 6.82. The highest BCUT2D eigenvalue weighted by atomic mass is 35.5. The number of benzene rings is 1. The number of hydrogen-bond donors (Lipinski definition) is 2. The zero-order valence-electron chi connectivity index (χ0n) is 16.3. The van der Waals surface area contributed by atoms with Crippen molar-refractivity contribution < 1.29 is 18.9 Å². The Labute approximate surface area is 173 Å². The normalized spacial score (nSPS) is 16.3. The van der Waals surface area contributed by atoms with Crippen LogP contribution in [0.4, 0.5) is 11.6 Å². The quantitative estimate of drug-likeness (QED) is 0.424. The number of H-pyrrole nitrogens is 1. The van der Waals surface area contributed by atoms with Gasteiger partial charge in [0.25, 0.3) is 0 Å². The van der Waals surface area contributed by atoms with Crippen LogP contribution in [-0.2, 0) is 9.47 Å². The monoisotopic (exact) mass is 418 g/mol. The van der Waals surface area contributed by atoms with Gasteiger partial charge >= 0.3 is 0 Å². The largest absolute Gasteiger partial charge is 0.487 e. The second-order valence-corrected chi connectivity index (χ2v) is 7.18. The van der Waals surface area contributed by atoms with Gasteiger partial charge in [-0.2, -0.15) is 5.10 Å². The Hall–Kier alpha value is -2.55. The molecule has 1 unspecified atom stereocenters. The van der Waals surface area contributed by atoms with E-state index in [0.29, 0.717) is 54.7 Å². The fraction of sp³-hybridized carbons (Fsp3) is 0.400. The molecule has 0 bridgehead atoms. The van der Waals surface area contributed by atoms with Crippen LogP contribution in [0.1, 0.15) is 12.1 Å². The molecule has 9 heteroatoms. The van der Waals surface area contributed by atoms with Gasteiger partial charge in [0.05, 0.1) is 19.8 Å². The highest BCUT2D eigenvalue weighted by Gasteiger charge is 2.20. The van der Waals surface area contributed by atoms with Crippen molar-refractivity contribution in [1.82, 2.24) is 15.2 Å². The first kappa shape index (κ1) is 19.8. The summed E-state index contributed by atoms with van der Waals surface area (Å²) in [4.78, 5) is 4.44. The van der Waals surface area contributed by atoms with Gasteiger partial charge in [-0.25, -0.2) is 4.98 Å². The first-order valence-corrected chi connectivity index (χ1v) is 9.79. The molecular formula is C20H23ClN4O4. The minimum Gasteiger partial charge on any atom is -0.487 e. The van der Waals surface area contributed by atoms with E-state index in [9.17, 15) is 0 Å². The van der Waals surface area contributed by atoms with Crippen molar-refractivity contribution in [3.05, 3.63) is 35.1 Å². The van der Waals surface area contributed by atoms with E-state index < -0.39 is 0 Å². The van der Waals surface area contributed by atoms with Gasteiger partial charge in [-0.15, -0.1) is 0 Å². The highest BCUT2D eigenvalue weighted by Crippen LogP contribution is 2.37. The Kier molecular flexibility index (Phi) is 6.03. The van der Waals surface area contributed by atoms with Gasteiger partial charge in [-0.05, 0) is 30.5 Å². The molecular weight excluding hydrogens is 396 g/mol. The average molecular weight is 419 g/mol. The molecule has 0 aliphatic carbocycles. The van der Waals surface area contributed by atoms with Crippen LogP contribution in [0.3, 0.4) is 0 Å². The number of methoxy groups -OCH3 is 1. The van der Waals surface area contributed by atoms with E-state index in [1.807, 2.05) is 31.2 Å². The number of aromatic amines is 1. The van der Waals surface area contributed by atoms with E-state index in [1.165, 1.54) is 0 Å². The average Bonchev–Trinajstić information content (AvgIpc) is 3.34. The number of rotatable bonds is 8. The standard InChI is InChI=1S/C20H23ClN4O4/c1-12-7-19(25-24-12)22-18-9-13-8-17(29-14-3-4-27-11-14)16(28-6-5-26-2)10-15(13)20(21)23-18/h7-10,14H,3-6,11H2,1-2H3,(H2,22,23,24,25). The smallest absolute Gasteiger partial charge is 0.162 e. The minimum absolute atomic E-state index is 0.000777. The third kappa shape index (κ3) is 4.72. The molecule has 154 valence electrons. The van der Waals surface area contributed by atoms with Crippen LogP contribution in [-0.4, -0.2) is 54.8 Å². The van der Waals surface area contributed by atoms with Gasteiger partial charge < -0.3 is 24.3 Å². The molecule has 1 saturated heterocycles. The van der Waals surface area contributed by atoms with E-state index in [-0.39, 0.29) is 6.10 Å². The lowest BCUT2D eigenvalue weighted by molar-refractivity contribution is 0.127. The Morgan fingerprint density at radius 2 is 2.10 bits per heavy atom. The Balaban J connectivity index is 1.67. The summed E-state index contributed by atoms with van der Waals surface area (Å²) < 4.78 is 22.5. The van der Waals surface area contributed by atoms with E-state index in [2.05, 4.69) is 20.5 Å². The number of pyridine rings is 1. The topological polar surface area (TPSA) is 90.5 Å². The predicted molar refractivity (Wildman–Crippen MR) is 111 cm³/mol. The number of ether oxygens (including phenoxy) is 4. The lowest BCUT2D eigenvalue weighted by Crippen LogP contribution is -2.16. The van der Waals surface area contributed by atoms with Gasteiger partial charge in [0.2, 0.25) is 0 Å². The summed E-state index contributed by atoms with van der Waals surface area (Å²) in [7, 11) is 1.63. The third-order valence-electron chi connectivity index (χ3n) is 4.54. The number of aromatic nitrogens is 3. The van der Waals surface area contributed by atoms with Gasteiger partial charge in [0.15, 0.2) is 17.3 Å². The predicted octanol–water partition coefficient (Wildman–Crippen LogP) is 3.86. The summed E-state index contributed by atoms with van der Waals surface area (Å²) in [5.41, 5.74) is 0.951. The number of nitrogens with zero attached hydrogens (tertiary/aromatic N) is 2. The summed E-state index contributed by atoms with van der Waals surface area (Å²) in [5.74, 6) is 2.52. The van der Waals surface area contributed by atoms with Gasteiger partial charge in [-0.1, -0.05) is 11.6 Å². The molecule has 0 saturated carbocycles. The third-order valence-corrected chi connectivity index (χ3v) is 4.83. The molecule has 3 aromatic rings. The molecule has 2 aromatic heterocycles. The van der Waals surface area contributed by atoms with Crippen molar-refractivity contribution in [3.8, 4) is 11.5 Å². The van der Waals surface area contributed by atoms with Crippen molar-refractivity contribution in [1.29, 1.82) is 0 Å². The van der Waals surface area contributed by atoms with Crippen LogP contribution in [0.5, 0.6) is 11.5 Å². The summed E-state index contributed by atoms with van der Waals surface area (Å²) in [6.45, 7) is 4.08. The molecule has 1 fully saturated rings. The number of hydrogen-bond acceptors (Lipinski definition) is 7. The lowest BCUT2D eigenvalue weighted by Gasteiger charge is -2.18. The molecule has 29 heavy (non-hydrogen) atoms. The number of anilines is 2. The van der Waals surface area contributed by atoms with E-state index in [0.717, 1.165) is 22.9 Å². The minimum atomic E-state index is -0.000777. The molecule has 1 aliphatic heterocycles. The molecule has 0 spiro atoms. The van der Waals surface area contributed by atoms with Crippen LogP contribution in [0.2, 0.25) is 5.15 Å². The summed E-state index contributed by atoms with van der Waals surface area (Å²) in [5, 5.41) is 12.2. The molecule has 0 amide bonds. The number of aryl methyl sites for hydroxylation is 1. The second kappa shape index (κ2) is 8.86. The SMILES string of the molecule is COCCOc1cc2c(Cl)nc(Nc3cc(C)[nH]n3)cc2cc1OC1CCOC1. The molecule has 1 aromatic carbocycles. The molecule has 8 nitrogen and oxygen atoms in total. The Bertz CT molecular complexity index is 988. The van der Waals surface area contributed by atoms with E-state index in [1.54, 1.807) is 7.11 Å². The molecule has 0 radical (unpaired) electrons. The zero-order chi connectivity index (χ0) is 20.2.